The van der Waals surface area contributed by atoms with Gasteiger partial charge in [0, 0.05) is 42.4 Å². The Morgan fingerprint density at radius 1 is 1.12 bits per heavy atom. The van der Waals surface area contributed by atoms with Gasteiger partial charge >= 0.3 is 13.3 Å². The lowest BCUT2D eigenvalue weighted by Gasteiger charge is -2.38. The summed E-state index contributed by atoms with van der Waals surface area (Å²) in [6.07, 6.45) is -0.360. The van der Waals surface area contributed by atoms with E-state index in [1.54, 1.807) is 0 Å². The number of piperidine rings is 1. The van der Waals surface area contributed by atoms with Crippen LogP contribution < -0.4 is 15.7 Å². The molecule has 0 unspecified atom stereocenters. The molecule has 2 aliphatic carbocycles. The number of nitrogens with zero attached hydrogens (tertiary/aromatic N) is 3. The van der Waals surface area contributed by atoms with Crippen LogP contribution in [0.2, 0.25) is 0 Å². The fraction of sp³-hybridized carbons (Fsp3) is 0.519. The number of nitrogens with one attached hydrogen (secondary N) is 1. The van der Waals surface area contributed by atoms with Crippen molar-refractivity contribution >= 4 is 30.0 Å². The Balaban J connectivity index is 1.24. The van der Waals surface area contributed by atoms with Crippen molar-refractivity contribution in [2.75, 3.05) is 24.6 Å². The number of carbonyl (C=O) groups excluding carboxylic acids is 1. The van der Waals surface area contributed by atoms with Gasteiger partial charge in [-0.05, 0) is 74.2 Å². The number of amides is 1. The maximum Gasteiger partial charge on any atom is 0.488 e. The fourth-order valence-corrected chi connectivity index (χ4v) is 5.43. The highest BCUT2D eigenvalue weighted by molar-refractivity contribution is 6.58. The fourth-order valence-electron chi connectivity index (χ4n) is 5.43. The largest absolute Gasteiger partial charge is 0.488 e. The molecule has 1 aromatic carbocycles. The van der Waals surface area contributed by atoms with Crippen LogP contribution in [-0.2, 0) is 22.3 Å². The molecular weight excluding hydrogens is 531 g/mol. The predicted octanol–water partition coefficient (Wildman–Crippen LogP) is 2.64. The van der Waals surface area contributed by atoms with E-state index in [4.69, 9.17) is 9.73 Å². The molecule has 13 heteroatoms. The highest BCUT2D eigenvalue weighted by atomic mass is 19.4. The van der Waals surface area contributed by atoms with Gasteiger partial charge in [-0.1, -0.05) is 0 Å². The molecule has 3 fully saturated rings. The lowest BCUT2D eigenvalue weighted by atomic mass is 9.79. The summed E-state index contributed by atoms with van der Waals surface area (Å²) in [5.41, 5.74) is -0.570. The Morgan fingerprint density at radius 2 is 1.85 bits per heavy atom. The third-order valence-electron chi connectivity index (χ3n) is 8.14. The second-order valence-corrected chi connectivity index (χ2v) is 11.2. The first-order valence-electron chi connectivity index (χ1n) is 13.5. The summed E-state index contributed by atoms with van der Waals surface area (Å²) in [6.45, 7) is 1.22. The molecule has 212 valence electrons. The van der Waals surface area contributed by atoms with Gasteiger partial charge in [-0.3, -0.25) is 9.79 Å². The Morgan fingerprint density at radius 3 is 2.48 bits per heavy atom. The second-order valence-electron chi connectivity index (χ2n) is 11.2. The number of amidine groups is 1. The summed E-state index contributed by atoms with van der Waals surface area (Å²) < 4.78 is 60.7. The topological polar surface area (TPSA) is 107 Å². The number of aromatic nitrogens is 1. The minimum atomic E-state index is -4.57. The van der Waals surface area contributed by atoms with E-state index < -0.39 is 30.3 Å². The first kappa shape index (κ1) is 27.2. The average molecular weight is 560 g/mol. The van der Waals surface area contributed by atoms with E-state index >= 15 is 4.39 Å². The van der Waals surface area contributed by atoms with E-state index in [-0.39, 0.29) is 42.6 Å². The van der Waals surface area contributed by atoms with E-state index in [0.717, 1.165) is 37.8 Å². The van der Waals surface area contributed by atoms with E-state index in [0.29, 0.717) is 48.1 Å². The third kappa shape index (κ3) is 5.34. The smallest absolute Gasteiger partial charge is 0.423 e. The van der Waals surface area contributed by atoms with Gasteiger partial charge in [0.05, 0.1) is 12.3 Å². The number of benzene rings is 1. The van der Waals surface area contributed by atoms with Gasteiger partial charge in [-0.15, -0.1) is 0 Å². The zero-order chi connectivity index (χ0) is 28.2. The van der Waals surface area contributed by atoms with E-state index in [2.05, 4.69) is 10.3 Å². The number of halogens is 4. The van der Waals surface area contributed by atoms with Crippen LogP contribution in [-0.4, -0.2) is 59.1 Å². The van der Waals surface area contributed by atoms with Crippen molar-refractivity contribution in [2.24, 2.45) is 10.9 Å². The van der Waals surface area contributed by atoms with Crippen molar-refractivity contribution in [1.29, 1.82) is 0 Å². The molecule has 0 atom stereocenters. The van der Waals surface area contributed by atoms with Crippen molar-refractivity contribution in [1.82, 2.24) is 10.3 Å². The highest BCUT2D eigenvalue weighted by Gasteiger charge is 2.47. The Labute approximate surface area is 228 Å². The van der Waals surface area contributed by atoms with Crippen LogP contribution in [0.15, 0.2) is 29.3 Å². The summed E-state index contributed by atoms with van der Waals surface area (Å²) in [5.74, 6) is -0.305. The molecule has 1 saturated heterocycles. The van der Waals surface area contributed by atoms with Gasteiger partial charge < -0.3 is 25.0 Å². The minimum absolute atomic E-state index is 0.0139. The number of hydrogen-bond acceptors (Lipinski definition) is 7. The second kappa shape index (κ2) is 10.1. The first-order chi connectivity index (χ1) is 19.0. The summed E-state index contributed by atoms with van der Waals surface area (Å²) in [4.78, 5) is 23.7. The van der Waals surface area contributed by atoms with Gasteiger partial charge in [0.25, 0.3) is 5.91 Å². The summed E-state index contributed by atoms with van der Waals surface area (Å²) >= 11 is 0. The standard InChI is InChI=1S/C27H29BF4N4O4/c29-20-11-17(28(38)39)12-21(19(20)14-40-13-15-1-2-15)36-9-7-26(8-10-36)25(37)34-24(35-26)18-5-6-22(27(30,31)32)33-23(18)16-3-4-16/h5-6,11-12,15-16,38-39H,1-4,7-10,13-14H2,(H,34,35,37). The van der Waals surface area contributed by atoms with Crippen LogP contribution in [0.5, 0.6) is 0 Å². The molecule has 6 rings (SSSR count). The maximum atomic E-state index is 15.1. The molecule has 0 bridgehead atoms. The van der Waals surface area contributed by atoms with Crippen LogP contribution >= 0.6 is 0 Å². The third-order valence-corrected chi connectivity index (χ3v) is 8.14. The Bertz CT molecular complexity index is 1350. The van der Waals surface area contributed by atoms with Crippen molar-refractivity contribution in [3.63, 3.8) is 0 Å². The van der Waals surface area contributed by atoms with E-state index in [1.807, 2.05) is 4.90 Å². The van der Waals surface area contributed by atoms with E-state index in [9.17, 15) is 28.0 Å². The summed E-state index contributed by atoms with van der Waals surface area (Å²) in [5, 5.41) is 22.2. The van der Waals surface area contributed by atoms with Gasteiger partial charge in [-0.25, -0.2) is 9.37 Å². The highest BCUT2D eigenvalue weighted by Crippen LogP contribution is 2.43. The number of pyridine rings is 1. The molecule has 0 radical (unpaired) electrons. The number of carbonyl (C=O) groups is 1. The molecule has 1 spiro atoms. The molecule has 1 aromatic heterocycles. The number of rotatable bonds is 8. The SMILES string of the molecule is O=C1NC(c2ccc(C(F)(F)F)nc2C2CC2)=NC12CCN(c1cc(B(O)O)cc(F)c1COCC1CC1)CC2. The first-order valence-corrected chi connectivity index (χ1v) is 13.5. The minimum Gasteiger partial charge on any atom is -0.423 e. The molecule has 40 heavy (non-hydrogen) atoms. The molecule has 2 saturated carbocycles. The Kier molecular flexibility index (Phi) is 6.86. The van der Waals surface area contributed by atoms with Gasteiger partial charge in [0.2, 0.25) is 0 Å². The number of ether oxygens (including phenoxy) is 1. The number of anilines is 1. The maximum absolute atomic E-state index is 15.1. The zero-order valence-electron chi connectivity index (χ0n) is 21.7. The van der Waals surface area contributed by atoms with Crippen LogP contribution in [0, 0.1) is 11.7 Å². The van der Waals surface area contributed by atoms with Gasteiger partial charge in [0.1, 0.15) is 22.9 Å². The lowest BCUT2D eigenvalue weighted by molar-refractivity contribution is -0.141. The van der Waals surface area contributed by atoms with Crippen molar-refractivity contribution < 1.29 is 37.1 Å². The molecule has 8 nitrogen and oxygen atoms in total. The van der Waals surface area contributed by atoms with Crippen molar-refractivity contribution in [3.8, 4) is 0 Å². The molecule has 3 N–H and O–H groups in total. The summed E-state index contributed by atoms with van der Waals surface area (Å²) in [6, 6.07) is 4.86. The van der Waals surface area contributed by atoms with Crippen molar-refractivity contribution in [3.05, 3.63) is 52.6 Å². The van der Waals surface area contributed by atoms with Gasteiger partial charge in [0.15, 0.2) is 0 Å². The monoisotopic (exact) mass is 560 g/mol. The van der Waals surface area contributed by atoms with E-state index in [1.165, 1.54) is 12.1 Å². The zero-order valence-corrected chi connectivity index (χ0v) is 21.7. The van der Waals surface area contributed by atoms with Crippen molar-refractivity contribution in [2.45, 2.75) is 62.8 Å². The normalized spacial score (nSPS) is 20.6. The predicted molar refractivity (Wildman–Crippen MR) is 139 cm³/mol. The Hall–Kier alpha value is -3.03. The van der Waals surface area contributed by atoms with Crippen LogP contribution in [0.3, 0.4) is 0 Å². The number of hydrogen-bond donors (Lipinski definition) is 3. The molecule has 2 aliphatic heterocycles. The van der Waals surface area contributed by atoms with Crippen LogP contribution in [0.25, 0.3) is 0 Å². The van der Waals surface area contributed by atoms with Crippen LogP contribution in [0.1, 0.15) is 67.0 Å². The molecule has 4 aliphatic rings. The molecule has 1 amide bonds. The summed E-state index contributed by atoms with van der Waals surface area (Å²) in [7, 11) is -1.85. The molecule has 2 aromatic rings. The lowest BCUT2D eigenvalue weighted by Crippen LogP contribution is -2.49. The number of aliphatic imine (C=N–C) groups is 1. The molecule has 3 heterocycles. The van der Waals surface area contributed by atoms with Crippen LogP contribution in [0.4, 0.5) is 23.2 Å². The average Bonchev–Trinajstić information content (AvgIpc) is 3.84. The molecular formula is C27H29BF4N4O4. The van der Waals surface area contributed by atoms with Gasteiger partial charge in [-0.2, -0.15) is 13.2 Å². The number of alkyl halides is 3. The quantitative estimate of drug-likeness (QED) is 0.339.